The van der Waals surface area contributed by atoms with Gasteiger partial charge in [-0.25, -0.2) is 0 Å². The van der Waals surface area contributed by atoms with Crippen molar-refractivity contribution in [3.8, 4) is 0 Å². The molecule has 2 N–H and O–H groups in total. The fourth-order valence-electron chi connectivity index (χ4n) is 3.36. The summed E-state index contributed by atoms with van der Waals surface area (Å²) in [6.07, 6.45) is 0.771. The summed E-state index contributed by atoms with van der Waals surface area (Å²) in [5, 5.41) is 14.6. The van der Waals surface area contributed by atoms with Crippen molar-refractivity contribution in [2.24, 2.45) is 0 Å². The van der Waals surface area contributed by atoms with Crippen LogP contribution in [0, 0.1) is 0 Å². The summed E-state index contributed by atoms with van der Waals surface area (Å²) in [5.41, 5.74) is 2.20. The van der Waals surface area contributed by atoms with Crippen LogP contribution >= 0.6 is 35.0 Å². The molecule has 33 heavy (non-hydrogen) atoms. The Bertz CT molecular complexity index is 858. The van der Waals surface area contributed by atoms with Crippen molar-refractivity contribution in [1.82, 2.24) is 5.32 Å². The fourth-order valence-corrected chi connectivity index (χ4v) is 5.86. The van der Waals surface area contributed by atoms with Gasteiger partial charge in [-0.05, 0) is 59.9 Å². The molecule has 0 amide bonds. The highest BCUT2D eigenvalue weighted by molar-refractivity contribution is 7.99. The van der Waals surface area contributed by atoms with Crippen LogP contribution in [0.1, 0.15) is 57.4 Å². The smallest absolute Gasteiger partial charge is 0.193 e. The minimum atomic E-state index is -2.11. The van der Waals surface area contributed by atoms with Crippen LogP contribution in [0.25, 0.3) is 0 Å². The van der Waals surface area contributed by atoms with Crippen molar-refractivity contribution in [3.05, 3.63) is 69.7 Å². The second kappa shape index (κ2) is 13.0. The van der Waals surface area contributed by atoms with Crippen LogP contribution in [0.5, 0.6) is 0 Å². The molecule has 0 bridgehead atoms. The number of thioether (sulfide) groups is 1. The first kappa shape index (κ1) is 28.7. The predicted octanol–water partition coefficient (Wildman–Crippen LogP) is 7.89. The first-order valence-corrected chi connectivity index (χ1v) is 16.4. The van der Waals surface area contributed by atoms with Gasteiger partial charge in [-0.3, -0.25) is 0 Å². The topological polar surface area (TPSA) is 41.5 Å². The van der Waals surface area contributed by atoms with Crippen LogP contribution < -0.4 is 5.32 Å². The Morgan fingerprint density at radius 3 is 2.24 bits per heavy atom. The Morgan fingerprint density at radius 1 is 1.03 bits per heavy atom. The average Bonchev–Trinajstić information content (AvgIpc) is 2.75. The van der Waals surface area contributed by atoms with E-state index in [2.05, 4.69) is 64.3 Å². The van der Waals surface area contributed by atoms with Crippen molar-refractivity contribution in [3.63, 3.8) is 0 Å². The van der Waals surface area contributed by atoms with Gasteiger partial charge in [-0.1, -0.05) is 75.2 Å². The maximum absolute atomic E-state index is 9.22. The van der Waals surface area contributed by atoms with Gasteiger partial charge in [-0.15, -0.1) is 0 Å². The maximum atomic E-state index is 9.22. The highest BCUT2D eigenvalue weighted by Crippen LogP contribution is 2.44. The molecule has 2 aromatic carbocycles. The first-order valence-electron chi connectivity index (χ1n) is 11.6. The molecular formula is C26H39Cl2NO2SSi. The molecular weight excluding hydrogens is 489 g/mol. The molecule has 0 aliphatic rings. The van der Waals surface area contributed by atoms with Gasteiger partial charge in [0.25, 0.3) is 0 Å². The van der Waals surface area contributed by atoms with Gasteiger partial charge in [0.15, 0.2) is 8.32 Å². The summed E-state index contributed by atoms with van der Waals surface area (Å²) in [7, 11) is -2.11. The van der Waals surface area contributed by atoms with Gasteiger partial charge >= 0.3 is 0 Å². The summed E-state index contributed by atoms with van der Waals surface area (Å²) >= 11 is 14.4. The molecule has 7 heteroatoms. The molecule has 0 aromatic heterocycles. The second-order valence-electron chi connectivity index (χ2n) is 9.95. The highest BCUT2D eigenvalue weighted by atomic mass is 35.5. The third-order valence-corrected chi connectivity index (χ3v) is 12.5. The van der Waals surface area contributed by atoms with Crippen LogP contribution in [0.2, 0.25) is 28.2 Å². The van der Waals surface area contributed by atoms with Crippen LogP contribution in [0.15, 0.2) is 48.5 Å². The quantitative estimate of drug-likeness (QED) is 0.217. The lowest BCUT2D eigenvalue weighted by atomic mass is 9.95. The van der Waals surface area contributed by atoms with Crippen molar-refractivity contribution < 1.29 is 9.53 Å². The molecule has 3 atom stereocenters. The van der Waals surface area contributed by atoms with Gasteiger partial charge < -0.3 is 14.8 Å². The number of rotatable bonds is 12. The number of aliphatic hydroxyl groups excluding tert-OH is 1. The molecule has 0 radical (unpaired) electrons. The van der Waals surface area contributed by atoms with E-state index in [1.807, 2.05) is 30.3 Å². The van der Waals surface area contributed by atoms with E-state index in [0.29, 0.717) is 10.0 Å². The number of halogens is 2. The molecule has 0 aliphatic heterocycles. The molecule has 0 fully saturated rings. The summed E-state index contributed by atoms with van der Waals surface area (Å²) in [5.74, 6) is 1.66. The van der Waals surface area contributed by atoms with E-state index in [1.54, 1.807) is 11.8 Å². The molecule has 0 saturated carbocycles. The zero-order chi connectivity index (χ0) is 24.6. The number of aliphatic hydroxyl groups is 1. The highest BCUT2D eigenvalue weighted by Gasteiger charge is 2.42. The standard InChI is InChI=1S/C26H39Cl2NO2SSi/c1-7-23(18-32-16-15-30)29-24(19-11-13-21(27)14-12-19)25(20-9-8-10-22(28)17-20)31-33(5,6)26(2,3)4/h8-14,17,23-25,29-30H,7,15-16,18H2,1-6H3. The molecule has 0 heterocycles. The second-order valence-corrected chi connectivity index (χ2v) is 16.7. The van der Waals surface area contributed by atoms with E-state index in [0.717, 1.165) is 29.1 Å². The Hall–Kier alpha value is -0.533. The third kappa shape index (κ3) is 8.57. The van der Waals surface area contributed by atoms with Crippen molar-refractivity contribution in [2.75, 3.05) is 18.1 Å². The van der Waals surface area contributed by atoms with E-state index in [9.17, 15) is 5.11 Å². The molecule has 184 valence electrons. The molecule has 3 nitrogen and oxygen atoms in total. The van der Waals surface area contributed by atoms with Crippen LogP contribution in [-0.4, -0.2) is 37.6 Å². The lowest BCUT2D eigenvalue weighted by Gasteiger charge is -2.42. The van der Waals surface area contributed by atoms with Crippen LogP contribution in [0.4, 0.5) is 0 Å². The SMILES string of the molecule is CCC(CSCCO)NC(c1ccc(Cl)cc1)C(O[Si](C)(C)C(C)(C)C)c1cccc(Cl)c1. The van der Waals surface area contributed by atoms with Crippen LogP contribution in [-0.2, 0) is 4.43 Å². The Labute approximate surface area is 215 Å². The zero-order valence-corrected chi connectivity index (χ0v) is 24.0. The number of nitrogens with one attached hydrogen (secondary N) is 1. The summed E-state index contributed by atoms with van der Waals surface area (Å²) in [6, 6.07) is 16.3. The van der Waals surface area contributed by atoms with Gasteiger partial charge in [0, 0.05) is 27.6 Å². The molecule has 0 saturated heterocycles. The summed E-state index contributed by atoms with van der Waals surface area (Å²) in [4.78, 5) is 0. The van der Waals surface area contributed by atoms with Crippen molar-refractivity contribution in [2.45, 2.75) is 70.4 Å². The van der Waals surface area contributed by atoms with E-state index in [1.165, 1.54) is 0 Å². The molecule has 0 aliphatic carbocycles. The normalized spacial score (nSPS) is 15.3. The van der Waals surface area contributed by atoms with E-state index in [-0.39, 0.29) is 29.8 Å². The van der Waals surface area contributed by atoms with E-state index < -0.39 is 8.32 Å². The lowest BCUT2D eigenvalue weighted by molar-refractivity contribution is 0.130. The van der Waals surface area contributed by atoms with Gasteiger partial charge in [0.05, 0.1) is 18.8 Å². The number of benzene rings is 2. The van der Waals surface area contributed by atoms with Gasteiger partial charge in [0.1, 0.15) is 0 Å². The average molecular weight is 529 g/mol. The fraction of sp³-hybridized carbons (Fsp3) is 0.538. The minimum absolute atomic E-state index is 0.0650. The van der Waals surface area contributed by atoms with Gasteiger partial charge in [0.2, 0.25) is 0 Å². The number of hydrogen-bond acceptors (Lipinski definition) is 4. The maximum Gasteiger partial charge on any atom is 0.193 e. The zero-order valence-electron chi connectivity index (χ0n) is 20.7. The molecule has 2 aromatic rings. The predicted molar refractivity (Wildman–Crippen MR) is 148 cm³/mol. The lowest BCUT2D eigenvalue weighted by Crippen LogP contribution is -2.46. The Kier molecular flexibility index (Phi) is 11.3. The minimum Gasteiger partial charge on any atom is -0.408 e. The Morgan fingerprint density at radius 2 is 1.70 bits per heavy atom. The number of hydrogen-bond donors (Lipinski definition) is 2. The van der Waals surface area contributed by atoms with E-state index >= 15 is 0 Å². The largest absolute Gasteiger partial charge is 0.408 e. The van der Waals surface area contributed by atoms with Gasteiger partial charge in [-0.2, -0.15) is 11.8 Å². The molecule has 3 unspecified atom stereocenters. The summed E-state index contributed by atoms with van der Waals surface area (Å²) in [6.45, 7) is 13.8. The van der Waals surface area contributed by atoms with Crippen molar-refractivity contribution >= 4 is 43.3 Å². The first-order chi connectivity index (χ1) is 15.5. The van der Waals surface area contributed by atoms with Crippen molar-refractivity contribution in [1.29, 1.82) is 0 Å². The van der Waals surface area contributed by atoms with Crippen LogP contribution in [0.3, 0.4) is 0 Å². The molecule has 0 spiro atoms. The van der Waals surface area contributed by atoms with E-state index in [4.69, 9.17) is 27.6 Å². The third-order valence-electron chi connectivity index (χ3n) is 6.40. The Balaban J connectivity index is 2.54. The summed E-state index contributed by atoms with van der Waals surface area (Å²) < 4.78 is 7.10. The monoisotopic (exact) mass is 527 g/mol. The molecule has 2 rings (SSSR count).